The van der Waals surface area contributed by atoms with Gasteiger partial charge >= 0.3 is 0 Å². The number of benzene rings is 1. The van der Waals surface area contributed by atoms with Gasteiger partial charge in [0.1, 0.15) is 0 Å². The first kappa shape index (κ1) is 15.4. The van der Waals surface area contributed by atoms with Gasteiger partial charge in [0.15, 0.2) is 0 Å². The van der Waals surface area contributed by atoms with Gasteiger partial charge < -0.3 is 5.32 Å². The normalized spacial score (nSPS) is 11.9. The maximum atomic E-state index is 12.3. The fourth-order valence-electron chi connectivity index (χ4n) is 2.20. The number of aromatic nitrogens is 3. The summed E-state index contributed by atoms with van der Waals surface area (Å²) in [6.45, 7) is 1.94. The van der Waals surface area contributed by atoms with Crippen molar-refractivity contribution in [2.45, 2.75) is 13.0 Å². The zero-order valence-corrected chi connectivity index (χ0v) is 14.1. The Morgan fingerprint density at radius 2 is 2.00 bits per heavy atom. The monoisotopic (exact) mass is 370 g/mol. The van der Waals surface area contributed by atoms with Crippen molar-refractivity contribution in [1.29, 1.82) is 0 Å². The summed E-state index contributed by atoms with van der Waals surface area (Å²) in [5, 5.41) is 7.18. The highest BCUT2D eigenvalue weighted by Gasteiger charge is 2.11. The Labute approximate surface area is 142 Å². The number of nitrogens with zero attached hydrogens (tertiary/aromatic N) is 3. The van der Waals surface area contributed by atoms with Crippen molar-refractivity contribution in [3.8, 4) is 5.69 Å². The van der Waals surface area contributed by atoms with E-state index in [1.54, 1.807) is 35.4 Å². The molecule has 0 aliphatic rings. The number of rotatable bonds is 4. The highest BCUT2D eigenvalue weighted by molar-refractivity contribution is 9.10. The summed E-state index contributed by atoms with van der Waals surface area (Å²) in [5.41, 5.74) is 2.47. The van der Waals surface area contributed by atoms with E-state index in [9.17, 15) is 4.79 Å². The Bertz CT molecular complexity index is 799. The molecule has 5 nitrogen and oxygen atoms in total. The van der Waals surface area contributed by atoms with E-state index in [-0.39, 0.29) is 11.9 Å². The van der Waals surface area contributed by atoms with E-state index < -0.39 is 0 Å². The zero-order valence-electron chi connectivity index (χ0n) is 12.5. The number of hydrogen-bond acceptors (Lipinski definition) is 3. The zero-order chi connectivity index (χ0) is 16.2. The topological polar surface area (TPSA) is 59.8 Å². The average Bonchev–Trinajstić information content (AvgIpc) is 3.02. The quantitative estimate of drug-likeness (QED) is 0.764. The smallest absolute Gasteiger partial charge is 0.251 e. The molecule has 0 saturated carbocycles. The summed E-state index contributed by atoms with van der Waals surface area (Å²) < 4.78 is 2.65. The first-order chi connectivity index (χ1) is 11.1. The minimum absolute atomic E-state index is 0.0991. The van der Waals surface area contributed by atoms with Crippen molar-refractivity contribution in [3.05, 3.63) is 76.8 Å². The SMILES string of the molecule is CC(NC(=O)c1ccc(-n2cc(Br)cn2)cc1)c1cccnc1. The van der Waals surface area contributed by atoms with E-state index in [0.717, 1.165) is 15.7 Å². The predicted molar refractivity (Wildman–Crippen MR) is 91.4 cm³/mol. The number of amides is 1. The lowest BCUT2D eigenvalue weighted by Gasteiger charge is -2.14. The molecule has 0 spiro atoms. The van der Waals surface area contributed by atoms with Gasteiger partial charge in [-0.2, -0.15) is 5.10 Å². The van der Waals surface area contributed by atoms with Crippen LogP contribution in [0.15, 0.2) is 65.7 Å². The van der Waals surface area contributed by atoms with Gasteiger partial charge in [-0.05, 0) is 58.7 Å². The van der Waals surface area contributed by atoms with Gasteiger partial charge in [-0.3, -0.25) is 9.78 Å². The van der Waals surface area contributed by atoms with Crippen LogP contribution in [0.3, 0.4) is 0 Å². The number of pyridine rings is 1. The first-order valence-electron chi connectivity index (χ1n) is 7.15. The molecule has 0 aliphatic carbocycles. The number of nitrogens with one attached hydrogen (secondary N) is 1. The van der Waals surface area contributed by atoms with E-state index >= 15 is 0 Å². The average molecular weight is 371 g/mol. The summed E-state index contributed by atoms with van der Waals surface area (Å²) in [6.07, 6.45) is 7.05. The lowest BCUT2D eigenvalue weighted by atomic mass is 10.1. The van der Waals surface area contributed by atoms with E-state index in [1.807, 2.05) is 37.4 Å². The van der Waals surface area contributed by atoms with E-state index in [1.165, 1.54) is 0 Å². The summed E-state index contributed by atoms with van der Waals surface area (Å²) in [6, 6.07) is 11.0. The molecule has 23 heavy (non-hydrogen) atoms. The van der Waals surface area contributed by atoms with Crippen LogP contribution in [0.25, 0.3) is 5.69 Å². The molecule has 0 aliphatic heterocycles. The van der Waals surface area contributed by atoms with Crippen molar-refractivity contribution in [2.75, 3.05) is 0 Å². The van der Waals surface area contributed by atoms with E-state index in [2.05, 4.69) is 31.3 Å². The summed E-state index contributed by atoms with van der Waals surface area (Å²) in [4.78, 5) is 16.4. The molecule has 1 unspecified atom stereocenters. The minimum atomic E-state index is -0.116. The third kappa shape index (κ3) is 3.65. The number of halogens is 1. The van der Waals surface area contributed by atoms with Crippen LogP contribution in [0, 0.1) is 0 Å². The second kappa shape index (κ2) is 6.75. The predicted octanol–water partition coefficient (Wildman–Crippen LogP) is 3.52. The number of carbonyl (C=O) groups excluding carboxylic acids is 1. The fourth-order valence-corrected chi connectivity index (χ4v) is 2.49. The molecule has 1 aromatic carbocycles. The van der Waals surface area contributed by atoms with Crippen molar-refractivity contribution in [3.63, 3.8) is 0 Å². The first-order valence-corrected chi connectivity index (χ1v) is 7.94. The van der Waals surface area contributed by atoms with Crippen LogP contribution in [0.2, 0.25) is 0 Å². The lowest BCUT2D eigenvalue weighted by molar-refractivity contribution is 0.0940. The fraction of sp³-hybridized carbons (Fsp3) is 0.118. The molecule has 6 heteroatoms. The van der Waals surface area contributed by atoms with Gasteiger partial charge in [0.2, 0.25) is 0 Å². The van der Waals surface area contributed by atoms with Gasteiger partial charge in [0.05, 0.1) is 22.4 Å². The second-order valence-electron chi connectivity index (χ2n) is 5.13. The van der Waals surface area contributed by atoms with Gasteiger partial charge in [-0.1, -0.05) is 6.07 Å². The molecule has 2 heterocycles. The Kier molecular flexibility index (Phi) is 4.52. The van der Waals surface area contributed by atoms with Crippen LogP contribution in [0.1, 0.15) is 28.9 Å². The van der Waals surface area contributed by atoms with Crippen LogP contribution in [-0.4, -0.2) is 20.7 Å². The standard InChI is InChI=1S/C17H15BrN4O/c1-12(14-3-2-8-19-9-14)21-17(23)13-4-6-16(7-5-13)22-11-15(18)10-20-22/h2-12H,1H3,(H,21,23). The molecule has 2 aromatic heterocycles. The maximum absolute atomic E-state index is 12.3. The lowest BCUT2D eigenvalue weighted by Crippen LogP contribution is -2.26. The summed E-state index contributed by atoms with van der Waals surface area (Å²) in [5.74, 6) is -0.116. The Morgan fingerprint density at radius 3 is 2.61 bits per heavy atom. The van der Waals surface area contributed by atoms with Crippen LogP contribution in [0.4, 0.5) is 0 Å². The van der Waals surface area contributed by atoms with Gasteiger partial charge in [-0.25, -0.2) is 4.68 Å². The van der Waals surface area contributed by atoms with Crippen LogP contribution in [0.5, 0.6) is 0 Å². The molecule has 3 aromatic rings. The molecule has 1 atom stereocenters. The third-order valence-corrected chi connectivity index (χ3v) is 3.89. The molecule has 1 amide bonds. The molecule has 1 N–H and O–H groups in total. The van der Waals surface area contributed by atoms with Crippen molar-refractivity contribution < 1.29 is 4.79 Å². The molecule has 0 saturated heterocycles. The van der Waals surface area contributed by atoms with E-state index in [4.69, 9.17) is 0 Å². The largest absolute Gasteiger partial charge is 0.345 e. The van der Waals surface area contributed by atoms with Crippen LogP contribution >= 0.6 is 15.9 Å². The molecular weight excluding hydrogens is 356 g/mol. The van der Waals surface area contributed by atoms with Crippen LogP contribution < -0.4 is 5.32 Å². The highest BCUT2D eigenvalue weighted by Crippen LogP contribution is 2.15. The summed E-state index contributed by atoms with van der Waals surface area (Å²) >= 11 is 3.36. The number of hydrogen-bond donors (Lipinski definition) is 1. The Balaban J connectivity index is 1.70. The van der Waals surface area contributed by atoms with Crippen molar-refractivity contribution in [2.24, 2.45) is 0 Å². The van der Waals surface area contributed by atoms with E-state index in [0.29, 0.717) is 5.56 Å². The molecule has 0 radical (unpaired) electrons. The second-order valence-corrected chi connectivity index (χ2v) is 6.05. The van der Waals surface area contributed by atoms with Crippen molar-refractivity contribution in [1.82, 2.24) is 20.1 Å². The molecule has 3 rings (SSSR count). The highest BCUT2D eigenvalue weighted by atomic mass is 79.9. The van der Waals surface area contributed by atoms with Crippen LogP contribution in [-0.2, 0) is 0 Å². The molecule has 0 bridgehead atoms. The number of carbonyl (C=O) groups is 1. The molecule has 116 valence electrons. The molecule has 0 fully saturated rings. The molecular formula is C17H15BrN4O. The van der Waals surface area contributed by atoms with Gasteiger partial charge in [-0.15, -0.1) is 0 Å². The third-order valence-electron chi connectivity index (χ3n) is 3.48. The van der Waals surface area contributed by atoms with Gasteiger partial charge in [0.25, 0.3) is 5.91 Å². The van der Waals surface area contributed by atoms with Crippen molar-refractivity contribution >= 4 is 21.8 Å². The van der Waals surface area contributed by atoms with Gasteiger partial charge in [0, 0.05) is 24.2 Å². The Morgan fingerprint density at radius 1 is 1.22 bits per heavy atom. The Hall–Kier alpha value is -2.47. The summed E-state index contributed by atoms with van der Waals surface area (Å²) in [7, 11) is 0. The maximum Gasteiger partial charge on any atom is 0.251 e. The minimum Gasteiger partial charge on any atom is -0.345 e.